The molecule has 6 rings (SSSR count). The summed E-state index contributed by atoms with van der Waals surface area (Å²) in [5, 5.41) is 12.9. The topological polar surface area (TPSA) is 131 Å². The zero-order valence-electron chi connectivity index (χ0n) is 23.1. The predicted molar refractivity (Wildman–Crippen MR) is 160 cm³/mol. The summed E-state index contributed by atoms with van der Waals surface area (Å²) < 4.78 is 30.7. The van der Waals surface area contributed by atoms with Crippen LogP contribution in [0.15, 0.2) is 65.3 Å². The third kappa shape index (κ3) is 5.69. The summed E-state index contributed by atoms with van der Waals surface area (Å²) in [5.41, 5.74) is 1.49. The van der Waals surface area contributed by atoms with Crippen molar-refractivity contribution in [1.82, 2.24) is 24.1 Å². The Morgan fingerprint density at radius 3 is 2.67 bits per heavy atom. The molecule has 0 spiro atoms. The molecule has 1 atom stereocenters. The number of nitrogens with zero attached hydrogens (tertiary/aromatic N) is 6. The fourth-order valence-corrected chi connectivity index (χ4v) is 8.57. The molecule has 220 valence electrons. The fourth-order valence-electron chi connectivity index (χ4n) is 5.51. The second-order valence-electron chi connectivity index (χ2n) is 10.5. The lowest BCUT2D eigenvalue weighted by Gasteiger charge is -2.40. The molecule has 13 heteroatoms. The Balaban J connectivity index is 1.25. The van der Waals surface area contributed by atoms with Crippen LogP contribution in [0.25, 0.3) is 21.3 Å². The smallest absolute Gasteiger partial charge is 0.291 e. The number of likely N-dealkylation sites (tertiary alicyclic amines) is 1. The number of carbonyl (C=O) groups is 2. The van der Waals surface area contributed by atoms with Gasteiger partial charge in [0, 0.05) is 80.0 Å². The number of piperazine rings is 1. The van der Waals surface area contributed by atoms with Gasteiger partial charge in [0.2, 0.25) is 17.4 Å². The molecule has 3 aromatic heterocycles. The average Bonchev–Trinajstić information content (AvgIpc) is 3.65. The average molecular weight is 617 g/mol. The molecule has 0 bridgehead atoms. The van der Waals surface area contributed by atoms with E-state index in [2.05, 4.69) is 15.9 Å². The summed E-state index contributed by atoms with van der Waals surface area (Å²) in [6.07, 6.45) is 11.4. The van der Waals surface area contributed by atoms with Gasteiger partial charge in [-0.2, -0.15) is 9.04 Å². The first-order chi connectivity index (χ1) is 20.7. The molecule has 0 aliphatic carbocycles. The Bertz CT molecular complexity index is 1850. The standard InChI is InChI=1S/C30H28N6O5S2/c1-2-21-8-9-22-17-28(42-26(22)16-21)43(40,41)34-14-15-35(24(20-34)10-13-33-11-5-7-27(33)37)30(38)29-31-18-23(19-32-29)25-6-3-4-12-36(25)39/h1,3-4,6,8-9,12,16-19,24H,5,7,10-11,13-15,20H2. The molecule has 2 aliphatic heterocycles. The number of hydrogen-bond acceptors (Lipinski definition) is 8. The summed E-state index contributed by atoms with van der Waals surface area (Å²) >= 11 is 1.16. The maximum atomic E-state index is 13.8. The lowest BCUT2D eigenvalue weighted by molar-refractivity contribution is -0.593. The quantitative estimate of drug-likeness (QED) is 0.177. The lowest BCUT2D eigenvalue weighted by atomic mass is 10.1. The second kappa shape index (κ2) is 11.7. The highest BCUT2D eigenvalue weighted by Gasteiger charge is 2.38. The first-order valence-electron chi connectivity index (χ1n) is 13.8. The van der Waals surface area contributed by atoms with Crippen LogP contribution < -0.4 is 4.73 Å². The van der Waals surface area contributed by atoms with Crippen molar-refractivity contribution in [2.45, 2.75) is 29.5 Å². The highest BCUT2D eigenvalue weighted by atomic mass is 32.2. The maximum absolute atomic E-state index is 13.8. The molecule has 2 fully saturated rings. The number of hydrogen-bond donors (Lipinski definition) is 0. The van der Waals surface area contributed by atoms with Gasteiger partial charge in [0.25, 0.3) is 15.9 Å². The van der Waals surface area contributed by atoms with Crippen molar-refractivity contribution in [3.8, 4) is 23.6 Å². The van der Waals surface area contributed by atoms with Gasteiger partial charge in [-0.25, -0.2) is 18.4 Å². The number of thiophene rings is 1. The van der Waals surface area contributed by atoms with E-state index in [1.165, 1.54) is 22.9 Å². The van der Waals surface area contributed by atoms with Crippen molar-refractivity contribution in [3.63, 3.8) is 0 Å². The zero-order chi connectivity index (χ0) is 30.1. The van der Waals surface area contributed by atoms with E-state index in [9.17, 15) is 23.2 Å². The number of sulfonamides is 1. The van der Waals surface area contributed by atoms with Crippen LogP contribution >= 0.6 is 11.3 Å². The SMILES string of the molecule is C#Cc1ccc2cc(S(=O)(=O)N3CCN(C(=O)c4ncc(-c5cccc[n+]5[O-])cn4)C(CCN4CCCC4=O)C3)sc2c1. The molecule has 0 radical (unpaired) electrons. The van der Waals surface area contributed by atoms with Crippen LogP contribution in [0.2, 0.25) is 0 Å². The van der Waals surface area contributed by atoms with Crippen LogP contribution in [-0.2, 0) is 14.8 Å². The monoisotopic (exact) mass is 616 g/mol. The van der Waals surface area contributed by atoms with Crippen molar-refractivity contribution in [1.29, 1.82) is 0 Å². The van der Waals surface area contributed by atoms with Crippen LogP contribution in [-0.4, -0.2) is 83.1 Å². The van der Waals surface area contributed by atoms with Crippen molar-refractivity contribution in [2.75, 3.05) is 32.7 Å². The molecule has 0 N–H and O–H groups in total. The van der Waals surface area contributed by atoms with E-state index < -0.39 is 22.0 Å². The molecule has 2 aliphatic rings. The molecule has 2 saturated heterocycles. The van der Waals surface area contributed by atoms with E-state index in [4.69, 9.17) is 6.42 Å². The Kier molecular flexibility index (Phi) is 7.83. The number of amides is 2. The Morgan fingerprint density at radius 1 is 1.14 bits per heavy atom. The molecule has 2 amide bonds. The Hall–Kier alpha value is -4.38. The predicted octanol–water partition coefficient (Wildman–Crippen LogP) is 2.50. The minimum atomic E-state index is -3.86. The van der Waals surface area contributed by atoms with Crippen molar-refractivity contribution in [3.05, 3.63) is 77.7 Å². The molecule has 11 nitrogen and oxygen atoms in total. The first-order valence-corrected chi connectivity index (χ1v) is 16.1. The highest BCUT2D eigenvalue weighted by Crippen LogP contribution is 2.33. The summed E-state index contributed by atoms with van der Waals surface area (Å²) in [5.74, 6) is 2.15. The number of rotatable bonds is 7. The van der Waals surface area contributed by atoms with E-state index in [1.54, 1.807) is 46.2 Å². The third-order valence-corrected chi connectivity index (χ3v) is 11.2. The van der Waals surface area contributed by atoms with Crippen molar-refractivity contribution < 1.29 is 22.7 Å². The normalized spacial score (nSPS) is 17.8. The van der Waals surface area contributed by atoms with Crippen LogP contribution in [0.5, 0.6) is 0 Å². The number of terminal acetylenes is 1. The zero-order valence-corrected chi connectivity index (χ0v) is 24.8. The van der Waals surface area contributed by atoms with Crippen molar-refractivity contribution >= 4 is 43.3 Å². The summed E-state index contributed by atoms with van der Waals surface area (Å²) in [6, 6.07) is 11.5. The number of aromatic nitrogens is 3. The highest BCUT2D eigenvalue weighted by molar-refractivity contribution is 7.91. The Labute approximate surface area is 253 Å². The molecular formula is C30H28N6O5S2. The van der Waals surface area contributed by atoms with Crippen LogP contribution in [0.3, 0.4) is 0 Å². The second-order valence-corrected chi connectivity index (χ2v) is 13.7. The van der Waals surface area contributed by atoms with Crippen LogP contribution in [0.4, 0.5) is 0 Å². The van der Waals surface area contributed by atoms with Gasteiger partial charge in [-0.15, -0.1) is 17.8 Å². The van der Waals surface area contributed by atoms with E-state index in [0.29, 0.717) is 47.5 Å². The molecule has 1 aromatic carbocycles. The van der Waals surface area contributed by atoms with Gasteiger partial charge in [-0.3, -0.25) is 9.59 Å². The minimum Gasteiger partial charge on any atom is -0.618 e. The molecular weight excluding hydrogens is 589 g/mol. The van der Waals surface area contributed by atoms with Crippen molar-refractivity contribution in [2.24, 2.45) is 0 Å². The van der Waals surface area contributed by atoms with Gasteiger partial charge < -0.3 is 15.0 Å². The lowest BCUT2D eigenvalue weighted by Crippen LogP contribution is -2.57. The summed E-state index contributed by atoms with van der Waals surface area (Å²) in [4.78, 5) is 37.8. The maximum Gasteiger partial charge on any atom is 0.291 e. The van der Waals surface area contributed by atoms with Gasteiger partial charge >= 0.3 is 0 Å². The Morgan fingerprint density at radius 2 is 1.95 bits per heavy atom. The minimum absolute atomic E-state index is 0.0514. The molecule has 1 unspecified atom stereocenters. The molecule has 4 aromatic rings. The largest absolute Gasteiger partial charge is 0.618 e. The van der Waals surface area contributed by atoms with Gasteiger partial charge in [-0.1, -0.05) is 12.0 Å². The first kappa shape index (κ1) is 28.7. The number of benzene rings is 1. The molecule has 43 heavy (non-hydrogen) atoms. The van der Waals surface area contributed by atoms with E-state index >= 15 is 0 Å². The fraction of sp³-hybridized carbons (Fsp3) is 0.300. The van der Waals surface area contributed by atoms with Gasteiger partial charge in [0.15, 0.2) is 6.20 Å². The molecule has 0 saturated carbocycles. The summed E-state index contributed by atoms with van der Waals surface area (Å²) in [6.45, 7) is 1.35. The third-order valence-electron chi connectivity index (χ3n) is 7.83. The van der Waals surface area contributed by atoms with E-state index in [1.807, 2.05) is 6.07 Å². The van der Waals surface area contributed by atoms with E-state index in [0.717, 1.165) is 27.8 Å². The number of carbonyl (C=O) groups excluding carboxylic acids is 2. The van der Waals surface area contributed by atoms with E-state index in [-0.39, 0.29) is 35.6 Å². The van der Waals surface area contributed by atoms with Crippen LogP contribution in [0.1, 0.15) is 35.4 Å². The number of pyridine rings is 1. The van der Waals surface area contributed by atoms with Crippen LogP contribution in [0, 0.1) is 17.6 Å². The molecule has 5 heterocycles. The number of fused-ring (bicyclic) bond motifs is 1. The van der Waals surface area contributed by atoms with Gasteiger partial charge in [0.1, 0.15) is 4.21 Å². The van der Waals surface area contributed by atoms with Gasteiger partial charge in [-0.05, 0) is 42.5 Å². The van der Waals surface area contributed by atoms with Gasteiger partial charge in [0.05, 0.1) is 5.56 Å². The summed E-state index contributed by atoms with van der Waals surface area (Å²) in [7, 11) is -3.86.